The number of benzene rings is 1. The van der Waals surface area contributed by atoms with Gasteiger partial charge in [-0.1, -0.05) is 12.1 Å². The van der Waals surface area contributed by atoms with E-state index >= 15 is 0 Å². The molecule has 0 bridgehead atoms. The van der Waals surface area contributed by atoms with Gasteiger partial charge in [0.25, 0.3) is 11.1 Å². The molecule has 1 aromatic carbocycles. The number of nitrogens with one attached hydrogen (secondary N) is 1. The Balaban J connectivity index is 0.000000228. The van der Waals surface area contributed by atoms with Gasteiger partial charge in [-0.05, 0) is 81.4 Å². The normalized spacial score (nSPS) is 10.2. The molecule has 11 heteroatoms. The maximum atomic E-state index is 12.7. The van der Waals surface area contributed by atoms with Gasteiger partial charge in [0.1, 0.15) is 10.3 Å². The highest BCUT2D eigenvalue weighted by molar-refractivity contribution is 9.13. The Morgan fingerprint density at radius 1 is 0.962 bits per heavy atom. The van der Waals surface area contributed by atoms with Crippen LogP contribution in [0.4, 0.5) is 4.39 Å². The van der Waals surface area contributed by atoms with Crippen molar-refractivity contribution in [1.29, 1.82) is 0 Å². The minimum atomic E-state index is -0.300. The number of rotatable bonds is 2. The third-order valence-corrected chi connectivity index (χ3v) is 6.76. The predicted octanol–water partition coefficient (Wildman–Crippen LogP) is 4.25. The Hall–Kier alpha value is -1.17. The quantitative estimate of drug-likeness (QED) is 0.468. The van der Waals surface area contributed by atoms with Crippen molar-refractivity contribution in [2.45, 2.75) is 6.54 Å². The van der Waals surface area contributed by atoms with Crippen LogP contribution in [0.15, 0.2) is 64.1 Å². The zero-order valence-corrected chi connectivity index (χ0v) is 19.1. The van der Waals surface area contributed by atoms with Gasteiger partial charge in [-0.25, -0.2) is 14.2 Å². The maximum absolute atomic E-state index is 12.7. The first kappa shape index (κ1) is 21.1. The summed E-state index contributed by atoms with van der Waals surface area (Å²) in [5.41, 5.74) is 0.350. The minimum Gasteiger partial charge on any atom is -0.267 e. The second-order valence-electron chi connectivity index (χ2n) is 4.76. The van der Waals surface area contributed by atoms with Crippen molar-refractivity contribution in [1.82, 2.24) is 20.0 Å². The highest BCUT2D eigenvalue weighted by Gasteiger charge is 2.07. The molecule has 3 aromatic rings. The highest BCUT2D eigenvalue weighted by atomic mass is 79.9. The van der Waals surface area contributed by atoms with E-state index in [0.717, 1.165) is 5.56 Å². The number of hydrogen-bond donors (Lipinski definition) is 1. The predicted molar refractivity (Wildman–Crippen MR) is 110 cm³/mol. The van der Waals surface area contributed by atoms with Crippen molar-refractivity contribution in [2.75, 3.05) is 0 Å². The largest absolute Gasteiger partial charge is 0.282 e. The van der Waals surface area contributed by atoms with Gasteiger partial charge in [-0.2, -0.15) is 10.2 Å². The number of H-pyrrole nitrogens is 1. The van der Waals surface area contributed by atoms with E-state index in [1.54, 1.807) is 12.1 Å². The summed E-state index contributed by atoms with van der Waals surface area (Å²) in [6.07, 6.45) is 3.04. The summed E-state index contributed by atoms with van der Waals surface area (Å²) in [7, 11) is 0. The van der Waals surface area contributed by atoms with Crippen molar-refractivity contribution in [3.05, 3.63) is 86.6 Å². The molecule has 0 unspecified atom stereocenters. The molecule has 0 aliphatic carbocycles. The van der Waals surface area contributed by atoms with Crippen LogP contribution in [0.1, 0.15) is 5.56 Å². The molecule has 0 amide bonds. The Morgan fingerprint density at radius 2 is 1.58 bits per heavy atom. The van der Waals surface area contributed by atoms with Crippen molar-refractivity contribution >= 4 is 63.7 Å². The Labute approximate surface area is 180 Å². The van der Waals surface area contributed by atoms with Crippen molar-refractivity contribution in [3.8, 4) is 0 Å². The lowest BCUT2D eigenvalue weighted by molar-refractivity contribution is 0.617. The van der Waals surface area contributed by atoms with E-state index in [4.69, 9.17) is 0 Å². The number of aromatic nitrogens is 4. The topological polar surface area (TPSA) is 80.6 Å². The second-order valence-corrected chi connectivity index (χ2v) is 8.05. The SMILES string of the molecule is O=c1[nH]ncc(Br)c1Br.O=c1c(Br)c(Br)cnn1Cc1ccc(F)cc1. The van der Waals surface area contributed by atoms with E-state index in [-0.39, 0.29) is 16.9 Å². The lowest BCUT2D eigenvalue weighted by atomic mass is 10.2. The van der Waals surface area contributed by atoms with E-state index in [9.17, 15) is 14.0 Å². The van der Waals surface area contributed by atoms with Crippen LogP contribution in [0, 0.1) is 5.82 Å². The third kappa shape index (κ3) is 5.66. The average molecular weight is 616 g/mol. The molecule has 2 aromatic heterocycles. The summed E-state index contributed by atoms with van der Waals surface area (Å²) in [6, 6.07) is 5.96. The van der Waals surface area contributed by atoms with E-state index in [1.807, 2.05) is 0 Å². The van der Waals surface area contributed by atoms with Crippen LogP contribution in [0.3, 0.4) is 0 Å². The summed E-state index contributed by atoms with van der Waals surface area (Å²) >= 11 is 12.5. The van der Waals surface area contributed by atoms with Gasteiger partial charge in [-0.15, -0.1) is 0 Å². The van der Waals surface area contributed by atoms with Crippen LogP contribution < -0.4 is 11.1 Å². The third-order valence-electron chi connectivity index (χ3n) is 2.94. The van der Waals surface area contributed by atoms with Gasteiger partial charge in [0.05, 0.1) is 32.4 Å². The van der Waals surface area contributed by atoms with Crippen LogP contribution in [0.2, 0.25) is 0 Å². The number of hydrogen-bond acceptors (Lipinski definition) is 4. The van der Waals surface area contributed by atoms with Gasteiger partial charge in [0, 0.05) is 0 Å². The van der Waals surface area contributed by atoms with Gasteiger partial charge in [0.15, 0.2) is 0 Å². The lowest BCUT2D eigenvalue weighted by Crippen LogP contribution is -2.24. The molecule has 2 heterocycles. The number of nitrogens with zero attached hydrogens (tertiary/aromatic N) is 3. The maximum Gasteiger partial charge on any atom is 0.282 e. The monoisotopic (exact) mass is 612 g/mol. The van der Waals surface area contributed by atoms with E-state index in [2.05, 4.69) is 79.0 Å². The molecule has 0 radical (unpaired) electrons. The first-order valence-corrected chi connectivity index (χ1v) is 10.0. The zero-order chi connectivity index (χ0) is 19.3. The standard InChI is InChI=1S/C11H7Br2FN2O.C4H2Br2N2O/c12-9-5-15-16(11(17)10(9)13)6-7-1-3-8(14)4-2-7;5-2-1-7-8-4(9)3(2)6/h1-5H,6H2;1H,(H,8,9). The molecule has 0 saturated heterocycles. The molecule has 3 rings (SSSR count). The first-order valence-electron chi connectivity index (χ1n) is 6.84. The van der Waals surface area contributed by atoms with Gasteiger partial charge < -0.3 is 0 Å². The van der Waals surface area contributed by atoms with Crippen molar-refractivity contribution in [3.63, 3.8) is 0 Å². The molecule has 0 fully saturated rings. The van der Waals surface area contributed by atoms with E-state index in [1.165, 1.54) is 29.2 Å². The molecule has 0 spiro atoms. The molecule has 26 heavy (non-hydrogen) atoms. The zero-order valence-electron chi connectivity index (χ0n) is 12.7. The van der Waals surface area contributed by atoms with Crippen molar-refractivity contribution in [2.24, 2.45) is 0 Å². The Bertz CT molecular complexity index is 1020. The fourth-order valence-electron chi connectivity index (χ4n) is 1.68. The molecular weight excluding hydrogens is 607 g/mol. The van der Waals surface area contributed by atoms with E-state index < -0.39 is 0 Å². The smallest absolute Gasteiger partial charge is 0.267 e. The van der Waals surface area contributed by atoms with Crippen LogP contribution in [0.25, 0.3) is 0 Å². The second kappa shape index (κ2) is 9.67. The molecule has 0 aliphatic heterocycles. The van der Waals surface area contributed by atoms with Crippen LogP contribution in [0.5, 0.6) is 0 Å². The molecule has 0 saturated carbocycles. The summed E-state index contributed by atoms with van der Waals surface area (Å²) in [6.45, 7) is 0.311. The number of aromatic amines is 1. The Kier molecular flexibility index (Phi) is 7.86. The van der Waals surface area contributed by atoms with Crippen LogP contribution in [-0.2, 0) is 6.54 Å². The molecule has 136 valence electrons. The van der Waals surface area contributed by atoms with Crippen LogP contribution in [-0.4, -0.2) is 20.0 Å². The molecule has 0 aliphatic rings. The summed E-state index contributed by atoms with van der Waals surface area (Å²) in [5, 5.41) is 9.78. The lowest BCUT2D eigenvalue weighted by Gasteiger charge is -2.05. The van der Waals surface area contributed by atoms with Crippen molar-refractivity contribution < 1.29 is 4.39 Å². The highest BCUT2D eigenvalue weighted by Crippen LogP contribution is 2.17. The minimum absolute atomic E-state index is 0.232. The number of halogens is 5. The van der Waals surface area contributed by atoms with Gasteiger partial charge in [0.2, 0.25) is 0 Å². The fraction of sp³-hybridized carbons (Fsp3) is 0.0667. The fourth-order valence-corrected chi connectivity index (χ4v) is 2.72. The summed E-state index contributed by atoms with van der Waals surface area (Å²) < 4.78 is 16.2. The summed E-state index contributed by atoms with van der Waals surface area (Å²) in [5.74, 6) is -0.300. The van der Waals surface area contributed by atoms with Crippen LogP contribution >= 0.6 is 63.7 Å². The molecule has 1 N–H and O–H groups in total. The molecule has 6 nitrogen and oxygen atoms in total. The molecular formula is C15H9Br4FN4O2. The average Bonchev–Trinajstić information content (AvgIpc) is 2.62. The van der Waals surface area contributed by atoms with Gasteiger partial charge >= 0.3 is 0 Å². The summed E-state index contributed by atoms with van der Waals surface area (Å²) in [4.78, 5) is 22.5. The first-order chi connectivity index (χ1) is 12.3. The van der Waals surface area contributed by atoms with E-state index in [0.29, 0.717) is 24.4 Å². The van der Waals surface area contributed by atoms with Gasteiger partial charge in [-0.3, -0.25) is 9.59 Å². The Morgan fingerprint density at radius 3 is 2.15 bits per heavy atom. The molecule has 0 atom stereocenters.